The summed E-state index contributed by atoms with van der Waals surface area (Å²) in [6.07, 6.45) is -1.09. The fourth-order valence-electron chi connectivity index (χ4n) is 1.05. The van der Waals surface area contributed by atoms with Crippen molar-refractivity contribution >= 4 is 19.5 Å². The third-order valence-electron chi connectivity index (χ3n) is 1.93. The fourth-order valence-corrected chi connectivity index (χ4v) is 2.03. The smallest absolute Gasteiger partial charge is 0.329 e. The normalized spacial score (nSPS) is 15.7. The molecule has 0 amide bonds. The molecule has 0 radical (unpaired) electrons. The van der Waals surface area contributed by atoms with Gasteiger partial charge in [-0.25, -0.2) is 0 Å². The summed E-state index contributed by atoms with van der Waals surface area (Å²) in [7, 11) is -4.57. The minimum absolute atomic E-state index is 0.355. The molecule has 0 aliphatic rings. The van der Waals surface area contributed by atoms with Gasteiger partial charge in [-0.3, -0.25) is 14.2 Å². The van der Waals surface area contributed by atoms with Gasteiger partial charge < -0.3 is 20.0 Å². The molecule has 0 aromatic carbocycles. The van der Waals surface area contributed by atoms with Crippen molar-refractivity contribution < 1.29 is 34.2 Å². The second kappa shape index (κ2) is 5.25. The highest BCUT2D eigenvalue weighted by Crippen LogP contribution is 2.45. The van der Waals surface area contributed by atoms with Crippen molar-refractivity contribution in [2.45, 2.75) is 25.4 Å². The molecule has 0 aliphatic heterocycles. The van der Waals surface area contributed by atoms with Gasteiger partial charge in [0.15, 0.2) is 0 Å². The zero-order valence-electron chi connectivity index (χ0n) is 8.03. The summed E-state index contributed by atoms with van der Waals surface area (Å²) in [6.45, 7) is 1.27. The van der Waals surface area contributed by atoms with Gasteiger partial charge in [0.2, 0.25) is 0 Å². The first kappa shape index (κ1) is 14.1. The highest BCUT2D eigenvalue weighted by molar-refractivity contribution is 7.52. The first-order valence-electron chi connectivity index (χ1n) is 4.14. The molecule has 0 aromatic heterocycles. The number of carboxylic acids is 2. The van der Waals surface area contributed by atoms with Crippen LogP contribution in [0, 0.1) is 5.92 Å². The molecule has 0 rings (SSSR count). The molecular weight excluding hydrogens is 227 g/mol. The summed E-state index contributed by atoms with van der Waals surface area (Å²) in [5.74, 6) is -3.55. The Labute approximate surface area is 85.9 Å². The molecule has 0 saturated carbocycles. The Kier molecular flexibility index (Phi) is 4.93. The van der Waals surface area contributed by atoms with Gasteiger partial charge in [0.1, 0.15) is 0 Å². The van der Waals surface area contributed by atoms with Gasteiger partial charge in [-0.15, -0.1) is 0 Å². The van der Waals surface area contributed by atoms with Crippen LogP contribution in [0.15, 0.2) is 0 Å². The van der Waals surface area contributed by atoms with E-state index >= 15 is 0 Å². The van der Waals surface area contributed by atoms with Gasteiger partial charge in [-0.05, 0) is 6.42 Å². The number of hydrogen-bond donors (Lipinski definition) is 4. The fraction of sp³-hybridized carbons (Fsp3) is 0.714. The van der Waals surface area contributed by atoms with Gasteiger partial charge in [-0.2, -0.15) is 0 Å². The standard InChI is InChI=1S/C7H13O7P/c1-4(7(10)11)2-5(3-6(8)9)15(12,13)14/h4-5H,2-3H2,1H3,(H,8,9)(H,10,11)(H2,12,13,14). The lowest BCUT2D eigenvalue weighted by atomic mass is 10.0. The Hall–Kier alpha value is -0.910. The summed E-state index contributed by atoms with van der Waals surface area (Å²) in [4.78, 5) is 38.4. The van der Waals surface area contributed by atoms with Crippen molar-refractivity contribution in [3.8, 4) is 0 Å². The Morgan fingerprint density at radius 2 is 1.73 bits per heavy atom. The molecule has 0 bridgehead atoms. The average molecular weight is 240 g/mol. The molecule has 2 unspecified atom stereocenters. The van der Waals surface area contributed by atoms with Gasteiger partial charge in [0.05, 0.1) is 18.0 Å². The Morgan fingerprint density at radius 3 is 2.00 bits per heavy atom. The van der Waals surface area contributed by atoms with Gasteiger partial charge in [-0.1, -0.05) is 6.92 Å². The quantitative estimate of drug-likeness (QED) is 0.484. The molecule has 8 heteroatoms. The molecule has 0 aliphatic carbocycles. The predicted molar refractivity (Wildman–Crippen MR) is 49.5 cm³/mol. The molecule has 0 fully saturated rings. The monoisotopic (exact) mass is 240 g/mol. The number of rotatable bonds is 6. The second-order valence-electron chi connectivity index (χ2n) is 3.32. The molecule has 4 N–H and O–H groups in total. The van der Waals surface area contributed by atoms with Crippen molar-refractivity contribution in [2.75, 3.05) is 0 Å². The maximum Gasteiger partial charge on any atom is 0.329 e. The predicted octanol–water partition coefficient (Wildman–Crippen LogP) is 0.118. The van der Waals surface area contributed by atoms with E-state index in [0.717, 1.165) is 0 Å². The van der Waals surface area contributed by atoms with Gasteiger partial charge in [0.25, 0.3) is 0 Å². The van der Waals surface area contributed by atoms with Crippen molar-refractivity contribution in [1.29, 1.82) is 0 Å². The highest BCUT2D eigenvalue weighted by Gasteiger charge is 2.33. The summed E-state index contributed by atoms with van der Waals surface area (Å²) < 4.78 is 10.9. The molecule has 0 spiro atoms. The molecule has 7 nitrogen and oxygen atoms in total. The lowest BCUT2D eigenvalue weighted by Gasteiger charge is -2.18. The Balaban J connectivity index is 4.59. The molecule has 15 heavy (non-hydrogen) atoms. The SMILES string of the molecule is CC(CC(CC(=O)O)P(=O)(O)O)C(=O)O. The van der Waals surface area contributed by atoms with Crippen LogP contribution >= 0.6 is 7.60 Å². The van der Waals surface area contributed by atoms with Crippen molar-refractivity contribution in [1.82, 2.24) is 0 Å². The molecular formula is C7H13O7P. The minimum atomic E-state index is -4.57. The summed E-state index contributed by atoms with van der Waals surface area (Å²) >= 11 is 0. The summed E-state index contributed by atoms with van der Waals surface area (Å²) in [5.41, 5.74) is -1.44. The van der Waals surface area contributed by atoms with Crippen LogP contribution in [-0.2, 0) is 14.2 Å². The van der Waals surface area contributed by atoms with E-state index in [-0.39, 0.29) is 6.42 Å². The molecule has 0 saturated heterocycles. The van der Waals surface area contributed by atoms with Crippen LogP contribution in [0.1, 0.15) is 19.8 Å². The highest BCUT2D eigenvalue weighted by atomic mass is 31.2. The zero-order valence-corrected chi connectivity index (χ0v) is 8.92. The van der Waals surface area contributed by atoms with Gasteiger partial charge >= 0.3 is 19.5 Å². The number of carbonyl (C=O) groups is 2. The maximum atomic E-state index is 10.9. The van der Waals surface area contributed by atoms with Crippen LogP contribution in [-0.4, -0.2) is 37.6 Å². The first-order valence-corrected chi connectivity index (χ1v) is 5.82. The lowest BCUT2D eigenvalue weighted by molar-refractivity contribution is -0.142. The van der Waals surface area contributed by atoms with E-state index in [1.165, 1.54) is 6.92 Å². The number of carboxylic acid groups (broad SMARTS) is 2. The van der Waals surface area contributed by atoms with Crippen molar-refractivity contribution in [3.05, 3.63) is 0 Å². The van der Waals surface area contributed by atoms with E-state index in [1.807, 2.05) is 0 Å². The van der Waals surface area contributed by atoms with Crippen LogP contribution in [0.4, 0.5) is 0 Å². The second-order valence-corrected chi connectivity index (χ2v) is 5.22. The average Bonchev–Trinajstić information content (AvgIpc) is 2.00. The first-order chi connectivity index (χ1) is 6.64. The Bertz CT molecular complexity index is 294. The van der Waals surface area contributed by atoms with Crippen LogP contribution in [0.3, 0.4) is 0 Å². The summed E-state index contributed by atoms with van der Waals surface area (Å²) in [6, 6.07) is 0. The van der Waals surface area contributed by atoms with E-state index in [1.54, 1.807) is 0 Å². The van der Waals surface area contributed by atoms with Crippen molar-refractivity contribution in [3.63, 3.8) is 0 Å². The van der Waals surface area contributed by atoms with E-state index < -0.39 is 37.5 Å². The number of aliphatic carboxylic acids is 2. The maximum absolute atomic E-state index is 10.9. The third-order valence-corrected chi connectivity index (χ3v) is 3.28. The van der Waals surface area contributed by atoms with Crippen LogP contribution < -0.4 is 0 Å². The Morgan fingerprint density at radius 1 is 1.27 bits per heavy atom. The van der Waals surface area contributed by atoms with E-state index in [9.17, 15) is 14.2 Å². The van der Waals surface area contributed by atoms with E-state index in [0.29, 0.717) is 0 Å². The zero-order chi connectivity index (χ0) is 12.2. The topological polar surface area (TPSA) is 132 Å². The minimum Gasteiger partial charge on any atom is -0.481 e. The third kappa shape index (κ3) is 5.51. The summed E-state index contributed by atoms with van der Waals surface area (Å²) in [5, 5.41) is 16.9. The van der Waals surface area contributed by atoms with E-state index in [2.05, 4.69) is 0 Å². The lowest BCUT2D eigenvalue weighted by Crippen LogP contribution is -2.21. The van der Waals surface area contributed by atoms with Crippen LogP contribution in [0.2, 0.25) is 0 Å². The largest absolute Gasteiger partial charge is 0.481 e. The number of hydrogen-bond acceptors (Lipinski definition) is 3. The van der Waals surface area contributed by atoms with Crippen molar-refractivity contribution in [2.24, 2.45) is 5.92 Å². The van der Waals surface area contributed by atoms with Crippen LogP contribution in [0.5, 0.6) is 0 Å². The van der Waals surface area contributed by atoms with Crippen LogP contribution in [0.25, 0.3) is 0 Å². The molecule has 88 valence electrons. The molecule has 0 aromatic rings. The van der Waals surface area contributed by atoms with E-state index in [4.69, 9.17) is 20.0 Å². The van der Waals surface area contributed by atoms with Gasteiger partial charge in [0, 0.05) is 0 Å². The molecule has 2 atom stereocenters. The molecule has 0 heterocycles.